The summed E-state index contributed by atoms with van der Waals surface area (Å²) in [4.78, 5) is 24.9. The molecule has 2 saturated heterocycles. The van der Waals surface area contributed by atoms with Crippen molar-refractivity contribution in [1.82, 2.24) is 0 Å². The first-order valence-electron chi connectivity index (χ1n) is 11.3. The molecule has 1 aromatic rings. The average Bonchev–Trinajstić information content (AvgIpc) is 2.81. The lowest BCUT2D eigenvalue weighted by atomic mass is 9.93. The lowest BCUT2D eigenvalue weighted by molar-refractivity contribution is -0.229. The number of anilines is 2. The van der Waals surface area contributed by atoms with E-state index in [4.69, 9.17) is 9.47 Å². The number of amides is 2. The summed E-state index contributed by atoms with van der Waals surface area (Å²) in [7, 11) is 0. The number of ether oxygens (including phenoxy) is 2. The highest BCUT2D eigenvalue weighted by atomic mass is 16.5. The Morgan fingerprint density at radius 1 is 0.743 bits per heavy atom. The van der Waals surface area contributed by atoms with Gasteiger partial charge in [0.15, 0.2) is 0 Å². The molecule has 13 heteroatoms. The van der Waals surface area contributed by atoms with Crippen LogP contribution in [0.25, 0.3) is 0 Å². The Kier molecular flexibility index (Phi) is 9.52. The van der Waals surface area contributed by atoms with Crippen molar-refractivity contribution in [2.24, 2.45) is 0 Å². The molecule has 2 aliphatic heterocycles. The number of carbonyl (C=O) groups is 2. The Bertz CT molecular complexity index is 870. The van der Waals surface area contributed by atoms with Crippen LogP contribution in [0.1, 0.15) is 19.3 Å². The number of carbonyl (C=O) groups excluding carboxylic acids is 2. The maximum absolute atomic E-state index is 12.4. The van der Waals surface area contributed by atoms with Gasteiger partial charge in [0.25, 0.3) is 0 Å². The molecule has 2 aliphatic rings. The largest absolute Gasteiger partial charge is 0.394 e. The number of aliphatic hydroxyl groups is 7. The van der Waals surface area contributed by atoms with Crippen LogP contribution in [0.15, 0.2) is 24.3 Å². The van der Waals surface area contributed by atoms with E-state index in [0.29, 0.717) is 11.4 Å². The number of hydrogen-bond acceptors (Lipinski definition) is 11. The van der Waals surface area contributed by atoms with E-state index in [1.54, 1.807) is 18.2 Å². The van der Waals surface area contributed by atoms with Gasteiger partial charge in [-0.3, -0.25) is 9.59 Å². The fourth-order valence-corrected chi connectivity index (χ4v) is 4.12. The molecule has 196 valence electrons. The molecule has 9 atom stereocenters. The van der Waals surface area contributed by atoms with E-state index in [2.05, 4.69) is 10.6 Å². The Balaban J connectivity index is 1.54. The van der Waals surface area contributed by atoms with Crippen molar-refractivity contribution in [3.63, 3.8) is 0 Å². The zero-order chi connectivity index (χ0) is 25.7. The van der Waals surface area contributed by atoms with Gasteiger partial charge in [-0.25, -0.2) is 0 Å². The quantitative estimate of drug-likeness (QED) is 0.176. The minimum absolute atomic E-state index is 0.0286. The molecule has 0 aromatic heterocycles. The molecule has 0 unspecified atom stereocenters. The minimum Gasteiger partial charge on any atom is -0.394 e. The highest BCUT2D eigenvalue weighted by Gasteiger charge is 2.44. The summed E-state index contributed by atoms with van der Waals surface area (Å²) in [6.45, 7) is -1.05. The second-order valence-electron chi connectivity index (χ2n) is 8.72. The Morgan fingerprint density at radius 3 is 1.80 bits per heavy atom. The van der Waals surface area contributed by atoms with Gasteiger partial charge in [0.2, 0.25) is 11.8 Å². The number of hydrogen-bond donors (Lipinski definition) is 9. The van der Waals surface area contributed by atoms with Crippen molar-refractivity contribution in [3.8, 4) is 0 Å². The third-order valence-electron chi connectivity index (χ3n) is 6.07. The topological polar surface area (TPSA) is 218 Å². The second kappa shape index (κ2) is 12.2. The third-order valence-corrected chi connectivity index (χ3v) is 6.07. The predicted octanol–water partition coefficient (Wildman–Crippen LogP) is -2.94. The van der Waals surface area contributed by atoms with Crippen LogP contribution >= 0.6 is 0 Å². The Hall–Kier alpha value is -2.20. The number of aliphatic hydroxyl groups excluding tert-OH is 7. The molecule has 2 fully saturated rings. The highest BCUT2D eigenvalue weighted by molar-refractivity contribution is 5.94. The Morgan fingerprint density at radius 2 is 1.23 bits per heavy atom. The van der Waals surface area contributed by atoms with Crippen LogP contribution in [0, 0.1) is 0 Å². The molecule has 0 aliphatic carbocycles. The van der Waals surface area contributed by atoms with Gasteiger partial charge in [-0.15, -0.1) is 0 Å². The zero-order valence-electron chi connectivity index (χ0n) is 18.8. The van der Waals surface area contributed by atoms with Gasteiger partial charge in [0, 0.05) is 17.8 Å². The van der Waals surface area contributed by atoms with Crippen LogP contribution in [-0.4, -0.2) is 116 Å². The van der Waals surface area contributed by atoms with Gasteiger partial charge in [-0.05, 0) is 18.2 Å². The van der Waals surface area contributed by atoms with Crippen molar-refractivity contribution in [3.05, 3.63) is 24.3 Å². The van der Waals surface area contributed by atoms with Crippen LogP contribution in [0.3, 0.4) is 0 Å². The van der Waals surface area contributed by atoms with E-state index in [1.165, 1.54) is 6.07 Å². The van der Waals surface area contributed by atoms with E-state index < -0.39 is 80.0 Å². The average molecular weight is 501 g/mol. The fourth-order valence-electron chi connectivity index (χ4n) is 4.12. The summed E-state index contributed by atoms with van der Waals surface area (Å²) < 4.78 is 10.7. The van der Waals surface area contributed by atoms with Crippen molar-refractivity contribution in [2.45, 2.75) is 74.2 Å². The molecule has 0 radical (unpaired) electrons. The molecule has 2 heterocycles. The van der Waals surface area contributed by atoms with Crippen molar-refractivity contribution in [2.75, 3.05) is 23.8 Å². The van der Waals surface area contributed by atoms with Crippen LogP contribution in [-0.2, 0) is 19.1 Å². The van der Waals surface area contributed by atoms with E-state index in [-0.39, 0.29) is 19.3 Å². The maximum Gasteiger partial charge on any atom is 0.227 e. The van der Waals surface area contributed by atoms with E-state index in [9.17, 15) is 45.3 Å². The monoisotopic (exact) mass is 500 g/mol. The Labute approximate surface area is 200 Å². The minimum atomic E-state index is -1.58. The SMILES string of the molecule is O=C(C[C@H]1O[C@H](CO)[C@@H](O)[C@H](O)[C@@H]1O)Nc1cccc(NC(=O)C[C@H]2O[C@H](CO)[C@@H](O)C[C@@H]2O)c1. The predicted molar refractivity (Wildman–Crippen MR) is 119 cm³/mol. The molecule has 3 rings (SSSR count). The number of rotatable bonds is 8. The summed E-state index contributed by atoms with van der Waals surface area (Å²) in [5, 5.41) is 73.3. The summed E-state index contributed by atoms with van der Waals surface area (Å²) in [6, 6.07) is 6.18. The highest BCUT2D eigenvalue weighted by Crippen LogP contribution is 2.25. The molecule has 9 N–H and O–H groups in total. The molecule has 2 amide bonds. The first-order valence-corrected chi connectivity index (χ1v) is 11.3. The van der Waals surface area contributed by atoms with Crippen LogP contribution in [0.5, 0.6) is 0 Å². The summed E-state index contributed by atoms with van der Waals surface area (Å²) in [6.07, 6.45) is -11.4. The summed E-state index contributed by atoms with van der Waals surface area (Å²) >= 11 is 0. The third kappa shape index (κ3) is 6.94. The summed E-state index contributed by atoms with van der Waals surface area (Å²) in [5.41, 5.74) is 0.652. The first-order chi connectivity index (χ1) is 16.6. The van der Waals surface area contributed by atoms with E-state index in [1.807, 2.05) is 0 Å². The molecule has 0 saturated carbocycles. The molecular weight excluding hydrogens is 468 g/mol. The summed E-state index contributed by atoms with van der Waals surface area (Å²) in [5.74, 6) is -1.07. The van der Waals surface area contributed by atoms with Gasteiger partial charge in [-0.1, -0.05) is 6.07 Å². The van der Waals surface area contributed by atoms with Crippen molar-refractivity contribution in [1.29, 1.82) is 0 Å². The lowest BCUT2D eigenvalue weighted by Gasteiger charge is -2.39. The van der Waals surface area contributed by atoms with Crippen LogP contribution < -0.4 is 10.6 Å². The van der Waals surface area contributed by atoms with Gasteiger partial charge in [-0.2, -0.15) is 0 Å². The maximum atomic E-state index is 12.4. The van der Waals surface area contributed by atoms with Crippen molar-refractivity contribution >= 4 is 23.2 Å². The molecule has 13 nitrogen and oxygen atoms in total. The van der Waals surface area contributed by atoms with Crippen LogP contribution in [0.4, 0.5) is 11.4 Å². The molecule has 35 heavy (non-hydrogen) atoms. The van der Waals surface area contributed by atoms with Crippen LogP contribution in [0.2, 0.25) is 0 Å². The molecule has 0 spiro atoms. The zero-order valence-corrected chi connectivity index (χ0v) is 18.8. The standard InChI is InChI=1S/C22H32N2O11/c25-8-16-13(28)5-12(27)14(34-16)6-18(29)23-10-2-1-3-11(4-10)24-19(30)7-15-20(31)22(33)21(32)17(9-26)35-15/h1-4,12-17,20-22,25-28,31-33H,5-9H2,(H,23,29)(H,24,30)/t12-,13-,14+,15+,16+,17+,20+,21+,22+/m0/s1. The van der Waals surface area contributed by atoms with E-state index in [0.717, 1.165) is 0 Å². The molecular formula is C22H32N2O11. The normalized spacial score (nSPS) is 35.3. The lowest BCUT2D eigenvalue weighted by Crippen LogP contribution is -2.59. The van der Waals surface area contributed by atoms with Gasteiger partial charge >= 0.3 is 0 Å². The smallest absolute Gasteiger partial charge is 0.227 e. The molecule has 1 aromatic carbocycles. The fraction of sp³-hybridized carbons (Fsp3) is 0.636. The van der Waals surface area contributed by atoms with Gasteiger partial charge in [0.05, 0.1) is 50.5 Å². The first kappa shape index (κ1) is 27.4. The number of benzene rings is 1. The molecule has 0 bridgehead atoms. The van der Waals surface area contributed by atoms with Crippen molar-refractivity contribution < 1.29 is 54.8 Å². The van der Waals surface area contributed by atoms with Gasteiger partial charge in [0.1, 0.15) is 30.5 Å². The van der Waals surface area contributed by atoms with E-state index >= 15 is 0 Å². The number of nitrogens with one attached hydrogen (secondary N) is 2. The van der Waals surface area contributed by atoms with Gasteiger partial charge < -0.3 is 55.9 Å². The second-order valence-corrected chi connectivity index (χ2v) is 8.72.